The van der Waals surface area contributed by atoms with Gasteiger partial charge in [0, 0.05) is 49.2 Å². The summed E-state index contributed by atoms with van der Waals surface area (Å²) in [4.78, 5) is 4.75. The van der Waals surface area contributed by atoms with Gasteiger partial charge in [-0.1, -0.05) is 36.4 Å². The highest BCUT2D eigenvalue weighted by Gasteiger charge is 2.18. The van der Waals surface area contributed by atoms with E-state index >= 15 is 0 Å². The Morgan fingerprint density at radius 3 is 1.13 bits per heavy atom. The Morgan fingerprint density at radius 1 is 0.533 bits per heavy atom. The first-order chi connectivity index (χ1) is 14.6. The first-order valence-corrected chi connectivity index (χ1v) is 11.2. The molecule has 0 saturated carbocycles. The molecule has 0 saturated heterocycles. The molecule has 0 radical (unpaired) electrons. The summed E-state index contributed by atoms with van der Waals surface area (Å²) in [7, 11) is 0. The van der Waals surface area contributed by atoms with Crippen LogP contribution < -0.4 is 15.5 Å². The van der Waals surface area contributed by atoms with Gasteiger partial charge in [0.1, 0.15) is 0 Å². The number of hydrogen-bond acceptors (Lipinski definition) is 3. The smallest absolute Gasteiger partial charge is 0.0366 e. The lowest BCUT2D eigenvalue weighted by Crippen LogP contribution is -2.21. The normalized spacial score (nSPS) is 11.0. The number of benzene rings is 3. The minimum Gasteiger partial charge on any atom is -0.399 e. The highest BCUT2D eigenvalue weighted by molar-refractivity contribution is 5.55. The standard InChI is InChI=1S/C27H35N3/c1-5-29(6-2)25-17-11-22(12-18-25)27(21-9-15-24(28)16-10-21)23-13-19-26(20-14-23)30(7-3)8-4/h9-20,27H,5-8,28H2,1-4H3. The van der Waals surface area contributed by atoms with E-state index in [9.17, 15) is 0 Å². The molecule has 2 N–H and O–H groups in total. The van der Waals surface area contributed by atoms with Crippen molar-refractivity contribution in [3.8, 4) is 0 Å². The van der Waals surface area contributed by atoms with Crippen molar-refractivity contribution >= 4 is 17.1 Å². The van der Waals surface area contributed by atoms with Gasteiger partial charge in [-0.3, -0.25) is 0 Å². The van der Waals surface area contributed by atoms with E-state index in [1.165, 1.54) is 28.1 Å². The number of anilines is 3. The van der Waals surface area contributed by atoms with E-state index in [2.05, 4.69) is 98.2 Å². The average Bonchev–Trinajstić information content (AvgIpc) is 2.79. The second-order valence-corrected chi connectivity index (χ2v) is 7.63. The summed E-state index contributed by atoms with van der Waals surface area (Å²) < 4.78 is 0. The molecule has 3 heteroatoms. The largest absolute Gasteiger partial charge is 0.399 e. The molecule has 3 rings (SSSR count). The molecule has 3 aromatic rings. The zero-order valence-corrected chi connectivity index (χ0v) is 18.8. The van der Waals surface area contributed by atoms with Crippen molar-refractivity contribution in [3.05, 3.63) is 89.5 Å². The summed E-state index contributed by atoms with van der Waals surface area (Å²) in [6, 6.07) is 26.4. The zero-order valence-electron chi connectivity index (χ0n) is 18.8. The minimum atomic E-state index is 0.183. The lowest BCUT2D eigenvalue weighted by molar-refractivity contribution is 0.862. The van der Waals surface area contributed by atoms with E-state index < -0.39 is 0 Å². The topological polar surface area (TPSA) is 32.5 Å². The second kappa shape index (κ2) is 10.2. The van der Waals surface area contributed by atoms with Crippen molar-refractivity contribution in [1.29, 1.82) is 0 Å². The molecule has 0 bridgehead atoms. The highest BCUT2D eigenvalue weighted by Crippen LogP contribution is 2.34. The van der Waals surface area contributed by atoms with Gasteiger partial charge in [0.25, 0.3) is 0 Å². The van der Waals surface area contributed by atoms with Crippen LogP contribution in [-0.2, 0) is 0 Å². The van der Waals surface area contributed by atoms with Crippen LogP contribution >= 0.6 is 0 Å². The summed E-state index contributed by atoms with van der Waals surface area (Å²) in [5.74, 6) is 0.183. The fourth-order valence-corrected chi connectivity index (χ4v) is 4.20. The summed E-state index contributed by atoms with van der Waals surface area (Å²) in [6.07, 6.45) is 0. The van der Waals surface area contributed by atoms with Gasteiger partial charge < -0.3 is 15.5 Å². The molecule has 0 aromatic heterocycles. The van der Waals surface area contributed by atoms with Gasteiger partial charge in [-0.25, -0.2) is 0 Å². The van der Waals surface area contributed by atoms with Gasteiger partial charge in [0.2, 0.25) is 0 Å². The molecule has 0 aliphatic carbocycles. The molecule has 0 heterocycles. The summed E-state index contributed by atoms with van der Waals surface area (Å²) in [6.45, 7) is 12.9. The molecule has 30 heavy (non-hydrogen) atoms. The van der Waals surface area contributed by atoms with Crippen LogP contribution in [0.5, 0.6) is 0 Å². The molecule has 0 unspecified atom stereocenters. The molecule has 0 fully saturated rings. The third kappa shape index (κ3) is 4.79. The Bertz CT molecular complexity index is 835. The Labute approximate surface area is 182 Å². The van der Waals surface area contributed by atoms with Gasteiger partial charge in [-0.05, 0) is 80.8 Å². The van der Waals surface area contributed by atoms with E-state index in [4.69, 9.17) is 5.73 Å². The Balaban J connectivity index is 2.00. The predicted octanol–water partition coefficient (Wildman–Crippen LogP) is 6.14. The van der Waals surface area contributed by atoms with E-state index in [1.807, 2.05) is 12.1 Å². The predicted molar refractivity (Wildman–Crippen MR) is 132 cm³/mol. The fraction of sp³-hybridized carbons (Fsp3) is 0.333. The first kappa shape index (κ1) is 21.8. The van der Waals surface area contributed by atoms with Crippen LogP contribution in [0, 0.1) is 0 Å². The Hall–Kier alpha value is -2.94. The summed E-state index contributed by atoms with van der Waals surface area (Å²) in [5, 5.41) is 0. The Morgan fingerprint density at radius 2 is 0.833 bits per heavy atom. The molecular formula is C27H35N3. The molecule has 3 nitrogen and oxygen atoms in total. The highest BCUT2D eigenvalue weighted by atomic mass is 15.1. The van der Waals surface area contributed by atoms with Gasteiger partial charge in [0.05, 0.1) is 0 Å². The lowest BCUT2D eigenvalue weighted by Gasteiger charge is -2.25. The van der Waals surface area contributed by atoms with Crippen LogP contribution in [0.1, 0.15) is 50.3 Å². The van der Waals surface area contributed by atoms with Crippen molar-refractivity contribution in [2.45, 2.75) is 33.6 Å². The number of hydrogen-bond donors (Lipinski definition) is 1. The number of nitrogen functional groups attached to an aromatic ring is 1. The fourth-order valence-electron chi connectivity index (χ4n) is 4.20. The van der Waals surface area contributed by atoms with Crippen molar-refractivity contribution in [2.75, 3.05) is 41.7 Å². The van der Waals surface area contributed by atoms with Gasteiger partial charge in [-0.15, -0.1) is 0 Å². The van der Waals surface area contributed by atoms with E-state index in [1.54, 1.807) is 0 Å². The van der Waals surface area contributed by atoms with Crippen molar-refractivity contribution < 1.29 is 0 Å². The van der Waals surface area contributed by atoms with E-state index in [-0.39, 0.29) is 5.92 Å². The molecule has 3 aromatic carbocycles. The zero-order chi connectivity index (χ0) is 21.5. The summed E-state index contributed by atoms with van der Waals surface area (Å²) >= 11 is 0. The van der Waals surface area contributed by atoms with Gasteiger partial charge in [0.15, 0.2) is 0 Å². The van der Waals surface area contributed by atoms with Crippen molar-refractivity contribution in [1.82, 2.24) is 0 Å². The quantitative estimate of drug-likeness (QED) is 0.345. The monoisotopic (exact) mass is 401 g/mol. The van der Waals surface area contributed by atoms with E-state index in [0.29, 0.717) is 0 Å². The maximum Gasteiger partial charge on any atom is 0.0366 e. The Kier molecular flexibility index (Phi) is 7.40. The maximum absolute atomic E-state index is 5.96. The van der Waals surface area contributed by atoms with E-state index in [0.717, 1.165) is 31.9 Å². The molecule has 158 valence electrons. The molecular weight excluding hydrogens is 366 g/mol. The van der Waals surface area contributed by atoms with Crippen LogP contribution in [0.25, 0.3) is 0 Å². The molecule has 0 spiro atoms. The molecule has 0 aliphatic heterocycles. The van der Waals surface area contributed by atoms with Crippen LogP contribution in [0.3, 0.4) is 0 Å². The van der Waals surface area contributed by atoms with Gasteiger partial charge in [-0.2, -0.15) is 0 Å². The van der Waals surface area contributed by atoms with Crippen LogP contribution in [-0.4, -0.2) is 26.2 Å². The number of nitrogens with zero attached hydrogens (tertiary/aromatic N) is 2. The average molecular weight is 402 g/mol. The minimum absolute atomic E-state index is 0.183. The molecule has 0 aliphatic rings. The van der Waals surface area contributed by atoms with Crippen LogP contribution in [0.4, 0.5) is 17.1 Å². The van der Waals surface area contributed by atoms with Crippen LogP contribution in [0.2, 0.25) is 0 Å². The first-order valence-electron chi connectivity index (χ1n) is 11.2. The third-order valence-corrected chi connectivity index (χ3v) is 5.98. The second-order valence-electron chi connectivity index (χ2n) is 7.63. The molecule has 0 amide bonds. The third-order valence-electron chi connectivity index (χ3n) is 5.98. The number of nitrogens with two attached hydrogens (primary N) is 1. The van der Waals surface area contributed by atoms with Crippen molar-refractivity contribution in [3.63, 3.8) is 0 Å². The maximum atomic E-state index is 5.96. The summed E-state index contributed by atoms with van der Waals surface area (Å²) in [5.41, 5.74) is 13.2. The van der Waals surface area contributed by atoms with Crippen molar-refractivity contribution in [2.24, 2.45) is 0 Å². The number of rotatable bonds is 9. The lowest BCUT2D eigenvalue weighted by atomic mass is 9.85. The van der Waals surface area contributed by atoms with Gasteiger partial charge >= 0.3 is 0 Å². The van der Waals surface area contributed by atoms with Crippen LogP contribution in [0.15, 0.2) is 72.8 Å². The SMILES string of the molecule is CCN(CC)c1ccc(C(c2ccc(N)cc2)c2ccc(N(CC)CC)cc2)cc1. The molecule has 0 atom stereocenters.